The Kier molecular flexibility index (Phi) is 3.98. The van der Waals surface area contributed by atoms with Crippen molar-refractivity contribution >= 4 is 20.0 Å². The van der Waals surface area contributed by atoms with Crippen molar-refractivity contribution in [2.75, 3.05) is 0 Å². The minimum atomic E-state index is 0.599. The van der Waals surface area contributed by atoms with Crippen LogP contribution in [0, 0.1) is 0 Å². The number of rotatable bonds is 1. The fourth-order valence-corrected chi connectivity index (χ4v) is 0. The molecule has 0 aliphatic rings. The second kappa shape index (κ2) is 3.52. The van der Waals surface area contributed by atoms with Crippen LogP contribution in [0.5, 0.6) is 0 Å². The predicted octanol–water partition coefficient (Wildman–Crippen LogP) is 1.65. The van der Waals surface area contributed by atoms with Gasteiger partial charge in [-0.25, -0.2) is 0 Å². The van der Waals surface area contributed by atoms with E-state index in [2.05, 4.69) is 18.8 Å². The second-order valence-corrected chi connectivity index (χ2v) is 1.77. The monoisotopic (exact) mass is 92.0 g/mol. The summed E-state index contributed by atoms with van der Waals surface area (Å²) in [6.45, 7) is 3.42. The van der Waals surface area contributed by atoms with E-state index in [1.807, 2.05) is 0 Å². The first-order chi connectivity index (χ1) is 1.91. The van der Waals surface area contributed by atoms with E-state index in [4.69, 9.17) is 0 Å². The number of thiol groups is 1. The highest BCUT2D eigenvalue weighted by Gasteiger charge is 1.44. The van der Waals surface area contributed by atoms with Gasteiger partial charge in [0.2, 0.25) is 0 Å². The van der Waals surface area contributed by atoms with Crippen LogP contribution in [0.2, 0.25) is 0 Å². The summed E-state index contributed by atoms with van der Waals surface area (Å²) in [5.41, 5.74) is 0. The molecule has 0 saturated heterocycles. The maximum Gasteiger partial charge on any atom is -0.0421 e. The van der Waals surface area contributed by atoms with E-state index in [-0.39, 0.29) is 0 Å². The molecule has 0 aromatic heterocycles. The molecular weight excluding hydrogens is 87.1 g/mol. The van der Waals surface area contributed by atoms with Crippen LogP contribution in [0.15, 0.2) is 12.4 Å². The van der Waals surface area contributed by atoms with Gasteiger partial charge < -0.3 is 0 Å². The summed E-state index contributed by atoms with van der Waals surface area (Å²) in [4.78, 5) is 0. The lowest BCUT2D eigenvalue weighted by Gasteiger charge is -1.58. The SMILES string of the molecule is C=CPS. The molecular formula is C2H5PS. The Balaban J connectivity index is 2.30. The van der Waals surface area contributed by atoms with E-state index in [9.17, 15) is 0 Å². The van der Waals surface area contributed by atoms with Crippen LogP contribution in [-0.4, -0.2) is 0 Å². The van der Waals surface area contributed by atoms with E-state index < -0.39 is 0 Å². The zero-order valence-corrected chi connectivity index (χ0v) is 4.13. The molecule has 0 heterocycles. The molecule has 0 saturated carbocycles. The lowest BCUT2D eigenvalue weighted by Crippen LogP contribution is -1.03. The van der Waals surface area contributed by atoms with E-state index in [1.54, 1.807) is 5.82 Å². The molecule has 0 N–H and O–H groups in total. The standard InChI is InChI=1S/C2H5PS/c1-2-3-4/h2-4H,1H2. The van der Waals surface area contributed by atoms with E-state index in [0.717, 1.165) is 0 Å². The van der Waals surface area contributed by atoms with Crippen LogP contribution in [0.4, 0.5) is 0 Å². The van der Waals surface area contributed by atoms with Crippen molar-refractivity contribution < 1.29 is 0 Å². The van der Waals surface area contributed by atoms with Crippen LogP contribution in [0.25, 0.3) is 0 Å². The van der Waals surface area contributed by atoms with Crippen LogP contribution in [0.3, 0.4) is 0 Å². The predicted molar refractivity (Wildman–Crippen MR) is 27.5 cm³/mol. The van der Waals surface area contributed by atoms with Gasteiger partial charge in [0.15, 0.2) is 0 Å². The molecule has 0 radical (unpaired) electrons. The fraction of sp³-hybridized carbons (Fsp3) is 0. The molecule has 0 nitrogen and oxygen atoms in total. The zero-order chi connectivity index (χ0) is 3.41. The Hall–Kier alpha value is 0.520. The molecule has 4 heavy (non-hydrogen) atoms. The Labute approximate surface area is 33.2 Å². The summed E-state index contributed by atoms with van der Waals surface area (Å²) in [5, 5.41) is 0. The normalized spacial score (nSPS) is 9.25. The van der Waals surface area contributed by atoms with E-state index >= 15 is 0 Å². The first kappa shape index (κ1) is 4.52. The van der Waals surface area contributed by atoms with Crippen molar-refractivity contribution in [1.82, 2.24) is 0 Å². The van der Waals surface area contributed by atoms with Gasteiger partial charge in [0.05, 0.1) is 0 Å². The van der Waals surface area contributed by atoms with Crippen molar-refractivity contribution in [1.29, 1.82) is 0 Å². The van der Waals surface area contributed by atoms with Crippen molar-refractivity contribution in [3.05, 3.63) is 12.4 Å². The number of hydrogen-bond donors (Lipinski definition) is 1. The molecule has 24 valence electrons. The van der Waals surface area contributed by atoms with E-state index in [0.29, 0.717) is 7.78 Å². The van der Waals surface area contributed by atoms with Gasteiger partial charge in [0.1, 0.15) is 0 Å². The van der Waals surface area contributed by atoms with Gasteiger partial charge in [-0.1, -0.05) is 12.4 Å². The average Bonchev–Trinajstić information content (AvgIpc) is 1.37. The highest BCUT2D eigenvalue weighted by Crippen LogP contribution is 2.12. The second-order valence-electron chi connectivity index (χ2n) is 0.333. The summed E-state index contributed by atoms with van der Waals surface area (Å²) in [6, 6.07) is 0. The van der Waals surface area contributed by atoms with Crippen LogP contribution in [0.1, 0.15) is 0 Å². The smallest absolute Gasteiger partial charge is 0.0421 e. The molecule has 0 aromatic carbocycles. The van der Waals surface area contributed by atoms with Gasteiger partial charge >= 0.3 is 0 Å². The van der Waals surface area contributed by atoms with Crippen molar-refractivity contribution in [3.63, 3.8) is 0 Å². The fourth-order valence-electron chi connectivity index (χ4n) is 0. The summed E-state index contributed by atoms with van der Waals surface area (Å²) in [7, 11) is 0.599. The molecule has 0 bridgehead atoms. The molecule has 0 spiro atoms. The molecule has 0 fully saturated rings. The van der Waals surface area contributed by atoms with Gasteiger partial charge in [0, 0.05) is 0 Å². The van der Waals surface area contributed by atoms with Crippen molar-refractivity contribution in [3.8, 4) is 0 Å². The van der Waals surface area contributed by atoms with Gasteiger partial charge in [-0.2, -0.15) is 12.2 Å². The Morgan fingerprint density at radius 2 is 2.25 bits per heavy atom. The Morgan fingerprint density at radius 1 is 2.00 bits per heavy atom. The molecule has 0 aliphatic heterocycles. The van der Waals surface area contributed by atoms with Crippen LogP contribution >= 0.6 is 20.0 Å². The highest BCUT2D eigenvalue weighted by atomic mass is 32.7. The lowest BCUT2D eigenvalue weighted by atomic mass is 11.3. The van der Waals surface area contributed by atoms with Gasteiger partial charge in [-0.15, -0.1) is 0 Å². The minimum absolute atomic E-state index is 0.599. The van der Waals surface area contributed by atoms with Crippen molar-refractivity contribution in [2.24, 2.45) is 0 Å². The van der Waals surface area contributed by atoms with Crippen molar-refractivity contribution in [2.45, 2.75) is 0 Å². The largest absolute Gasteiger partial charge is 0.150 e. The maximum absolute atomic E-state index is 3.83. The third-order valence-electron chi connectivity index (χ3n) is 0.0913. The highest BCUT2D eigenvalue weighted by molar-refractivity contribution is 8.39. The van der Waals surface area contributed by atoms with Gasteiger partial charge in [-0.05, 0) is 7.78 Å². The zero-order valence-electron chi connectivity index (χ0n) is 2.23. The maximum atomic E-state index is 3.83. The van der Waals surface area contributed by atoms with Crippen LogP contribution in [-0.2, 0) is 0 Å². The van der Waals surface area contributed by atoms with Gasteiger partial charge in [-0.3, -0.25) is 0 Å². The first-order valence-electron chi connectivity index (χ1n) is 0.921. The summed E-state index contributed by atoms with van der Waals surface area (Å²) in [6.07, 6.45) is 0. The quantitative estimate of drug-likeness (QED) is 0.369. The molecule has 2 heteroatoms. The number of hydrogen-bond acceptors (Lipinski definition) is 1. The first-order valence-corrected chi connectivity index (χ1v) is 3.29. The summed E-state index contributed by atoms with van der Waals surface area (Å²) < 4.78 is 0. The summed E-state index contributed by atoms with van der Waals surface area (Å²) >= 11 is 3.83. The molecule has 1 unspecified atom stereocenters. The minimum Gasteiger partial charge on any atom is -0.150 e. The Bertz CT molecular complexity index is 20.0. The lowest BCUT2D eigenvalue weighted by molar-refractivity contribution is 2.67. The molecule has 0 aromatic rings. The molecule has 0 amide bonds. The molecule has 0 rings (SSSR count). The van der Waals surface area contributed by atoms with Crippen LogP contribution < -0.4 is 0 Å². The Morgan fingerprint density at radius 3 is 2.25 bits per heavy atom. The van der Waals surface area contributed by atoms with E-state index in [1.165, 1.54) is 0 Å². The third-order valence-corrected chi connectivity index (χ3v) is 0.822. The molecule has 0 aliphatic carbocycles. The summed E-state index contributed by atoms with van der Waals surface area (Å²) in [5.74, 6) is 1.77. The third kappa shape index (κ3) is 2.52. The topological polar surface area (TPSA) is 0 Å². The average molecular weight is 92.1 g/mol. The molecule has 1 atom stereocenters. The van der Waals surface area contributed by atoms with Gasteiger partial charge in [0.25, 0.3) is 0 Å².